The third-order valence-corrected chi connectivity index (χ3v) is 5.63. The van der Waals surface area contributed by atoms with Crippen molar-refractivity contribution in [3.05, 3.63) is 47.2 Å². The summed E-state index contributed by atoms with van der Waals surface area (Å²) in [6, 6.07) is 7.51. The maximum absolute atomic E-state index is 12.6. The first-order valence-electron chi connectivity index (χ1n) is 8.58. The molecule has 0 radical (unpaired) electrons. The van der Waals surface area contributed by atoms with Crippen molar-refractivity contribution < 1.29 is 24.2 Å². The summed E-state index contributed by atoms with van der Waals surface area (Å²) in [4.78, 5) is 37.8. The summed E-state index contributed by atoms with van der Waals surface area (Å²) in [5, 5.41) is 23.8. The summed E-state index contributed by atoms with van der Waals surface area (Å²) in [7, 11) is 1.67. The van der Waals surface area contributed by atoms with E-state index in [2.05, 4.69) is 20.8 Å². The highest BCUT2D eigenvalue weighted by atomic mass is 32.2. The lowest BCUT2D eigenvalue weighted by Crippen LogP contribution is -2.73. The molecule has 2 N–H and O–H groups in total. The molecule has 2 aliphatic heterocycles. The molecule has 0 aliphatic carbocycles. The van der Waals surface area contributed by atoms with Gasteiger partial charge in [-0.05, 0) is 28.1 Å². The van der Waals surface area contributed by atoms with Crippen LogP contribution in [-0.2, 0) is 21.4 Å². The number of nitrogens with zero attached hydrogens (tertiary/aromatic N) is 5. The van der Waals surface area contributed by atoms with Gasteiger partial charge in [-0.15, -0.1) is 5.10 Å². The van der Waals surface area contributed by atoms with Crippen molar-refractivity contribution in [3.63, 3.8) is 0 Å². The largest absolute Gasteiger partial charge is 0.477 e. The number of carbonyl (C=O) groups is 3. The average Bonchev–Trinajstić information content (AvgIpc) is 3.14. The van der Waals surface area contributed by atoms with Gasteiger partial charge in [0.1, 0.15) is 5.70 Å². The molecule has 2 aromatic rings. The monoisotopic (exact) mass is 416 g/mol. The number of nitrogens with one attached hydrogen (secondary N) is 1. The van der Waals surface area contributed by atoms with E-state index in [1.807, 2.05) is 0 Å². The van der Waals surface area contributed by atoms with E-state index in [1.54, 1.807) is 37.4 Å². The zero-order valence-electron chi connectivity index (χ0n) is 15.2. The molecule has 1 fully saturated rings. The maximum atomic E-state index is 12.6. The highest BCUT2D eigenvalue weighted by Crippen LogP contribution is 2.34. The molecule has 12 heteroatoms. The number of carboxylic acids is 1. The Morgan fingerprint density at radius 3 is 2.76 bits per heavy atom. The molecule has 150 valence electrons. The number of thioether (sulfide) groups is 1. The molecule has 1 aromatic heterocycles. The Labute approximate surface area is 168 Å². The van der Waals surface area contributed by atoms with Gasteiger partial charge in [-0.3, -0.25) is 14.5 Å². The first-order chi connectivity index (χ1) is 14.0. The molecule has 11 nitrogen and oxygen atoms in total. The Bertz CT molecular complexity index is 1010. The van der Waals surface area contributed by atoms with Gasteiger partial charge in [0.25, 0.3) is 11.8 Å². The number of hydrogen-bond acceptors (Lipinski definition) is 8. The zero-order chi connectivity index (χ0) is 20.5. The number of β-lactam (4-membered cyclic amide) rings is 1. The fourth-order valence-electron chi connectivity index (χ4n) is 3.10. The van der Waals surface area contributed by atoms with Crippen LogP contribution in [0.1, 0.15) is 10.4 Å². The number of fused-ring (bicyclic) bond motifs is 1. The van der Waals surface area contributed by atoms with Crippen molar-refractivity contribution in [1.29, 1.82) is 0 Å². The van der Waals surface area contributed by atoms with Gasteiger partial charge < -0.3 is 15.2 Å². The molecule has 0 saturated carbocycles. The van der Waals surface area contributed by atoms with Gasteiger partial charge in [0.05, 0.1) is 6.61 Å². The molecular weight excluding hydrogens is 400 g/mol. The van der Waals surface area contributed by atoms with E-state index in [4.69, 9.17) is 4.74 Å². The predicted molar refractivity (Wildman–Crippen MR) is 98.5 cm³/mol. The second-order valence-corrected chi connectivity index (χ2v) is 7.30. The molecule has 3 heterocycles. The quantitative estimate of drug-likeness (QED) is 0.477. The summed E-state index contributed by atoms with van der Waals surface area (Å²) in [5.74, 6) is -1.94. The van der Waals surface area contributed by atoms with E-state index in [9.17, 15) is 19.5 Å². The first kappa shape index (κ1) is 19.1. The van der Waals surface area contributed by atoms with Crippen LogP contribution in [0.3, 0.4) is 0 Å². The van der Waals surface area contributed by atoms with E-state index in [0.717, 1.165) is 4.90 Å². The second kappa shape index (κ2) is 7.64. The molecule has 1 saturated heterocycles. The highest BCUT2D eigenvalue weighted by Gasteiger charge is 2.54. The number of carbonyl (C=O) groups excluding carboxylic acids is 2. The molecule has 0 unspecified atom stereocenters. The highest BCUT2D eigenvalue weighted by molar-refractivity contribution is 7.99. The van der Waals surface area contributed by atoms with E-state index < -0.39 is 30.1 Å². The molecule has 4 rings (SSSR count). The van der Waals surface area contributed by atoms with Gasteiger partial charge in [-0.2, -0.15) is 0 Å². The molecular formula is C17H16N6O5S. The molecule has 2 amide bonds. The molecule has 29 heavy (non-hydrogen) atoms. The van der Waals surface area contributed by atoms with Gasteiger partial charge in [-0.1, -0.05) is 30.0 Å². The topological polar surface area (TPSA) is 140 Å². The molecule has 2 aliphatic rings. The molecule has 2 atom stereocenters. The van der Waals surface area contributed by atoms with Crippen molar-refractivity contribution in [2.45, 2.75) is 17.4 Å². The predicted octanol–water partition coefficient (Wildman–Crippen LogP) is -0.362. The van der Waals surface area contributed by atoms with Crippen LogP contribution in [0.25, 0.3) is 0 Å². The lowest BCUT2D eigenvalue weighted by atomic mass is 9.98. The van der Waals surface area contributed by atoms with Gasteiger partial charge in [0.2, 0.25) is 5.16 Å². The molecule has 1 aromatic carbocycles. The van der Waals surface area contributed by atoms with Crippen LogP contribution >= 0.6 is 11.8 Å². The van der Waals surface area contributed by atoms with Crippen LogP contribution in [0.2, 0.25) is 0 Å². The summed E-state index contributed by atoms with van der Waals surface area (Å²) >= 11 is 1.24. The van der Waals surface area contributed by atoms with Crippen LogP contribution in [0.4, 0.5) is 0 Å². The fraction of sp³-hybridized carbons (Fsp3) is 0.294. The second-order valence-electron chi connectivity index (χ2n) is 6.36. The van der Waals surface area contributed by atoms with Crippen molar-refractivity contribution in [3.8, 4) is 0 Å². The van der Waals surface area contributed by atoms with Crippen LogP contribution in [0, 0.1) is 0 Å². The Morgan fingerprint density at radius 1 is 1.34 bits per heavy atom. The van der Waals surface area contributed by atoms with Crippen molar-refractivity contribution >= 4 is 29.5 Å². The number of rotatable bonds is 6. The Morgan fingerprint density at radius 2 is 2.10 bits per heavy atom. The summed E-state index contributed by atoms with van der Waals surface area (Å²) in [6.07, 6.45) is -0.855. The molecule has 0 bridgehead atoms. The van der Waals surface area contributed by atoms with Crippen LogP contribution in [0.15, 0.2) is 46.8 Å². The fourth-order valence-corrected chi connectivity index (χ4v) is 3.94. The normalized spacial score (nSPS) is 20.9. The number of benzene rings is 1. The Kier molecular flexibility index (Phi) is 5.03. The first-order valence-corrected chi connectivity index (χ1v) is 9.57. The minimum atomic E-state index is -1.23. The minimum Gasteiger partial charge on any atom is -0.477 e. The number of carboxylic acid groups (broad SMARTS) is 1. The van der Waals surface area contributed by atoms with E-state index >= 15 is 0 Å². The number of tetrazole rings is 1. The zero-order valence-corrected chi connectivity index (χ0v) is 16.0. The maximum Gasteiger partial charge on any atom is 0.352 e. The van der Waals surface area contributed by atoms with Crippen molar-refractivity contribution in [2.24, 2.45) is 7.05 Å². The van der Waals surface area contributed by atoms with E-state index in [-0.39, 0.29) is 18.1 Å². The third kappa shape index (κ3) is 3.47. The van der Waals surface area contributed by atoms with Gasteiger partial charge in [0, 0.05) is 18.4 Å². The average molecular weight is 416 g/mol. The van der Waals surface area contributed by atoms with E-state index in [1.165, 1.54) is 16.4 Å². The lowest BCUT2D eigenvalue weighted by molar-refractivity contribution is -0.182. The SMILES string of the molecule is Cn1nnnc1SCC1=C(C(=O)O)N2C(=O)[C@H](NC(=O)c3ccccc3)[C@H]2OC1. The Balaban J connectivity index is 1.49. The lowest BCUT2D eigenvalue weighted by Gasteiger charge is -2.49. The smallest absolute Gasteiger partial charge is 0.352 e. The van der Waals surface area contributed by atoms with E-state index in [0.29, 0.717) is 16.3 Å². The van der Waals surface area contributed by atoms with Crippen molar-refractivity contribution in [2.75, 3.05) is 12.4 Å². The van der Waals surface area contributed by atoms with Crippen molar-refractivity contribution in [1.82, 2.24) is 30.4 Å². The van der Waals surface area contributed by atoms with Crippen LogP contribution in [0.5, 0.6) is 0 Å². The molecule has 0 spiro atoms. The number of aromatic nitrogens is 4. The number of hydrogen-bond donors (Lipinski definition) is 2. The van der Waals surface area contributed by atoms with Gasteiger partial charge >= 0.3 is 5.97 Å². The Hall–Kier alpha value is -3.25. The van der Waals surface area contributed by atoms with Crippen LogP contribution in [-0.4, -0.2) is 72.6 Å². The van der Waals surface area contributed by atoms with Gasteiger partial charge in [-0.25, -0.2) is 9.48 Å². The standard InChI is InChI=1S/C17H16N6O5S/c1-22-17(19-20-21-22)29-8-10-7-28-15-11(14(25)23(15)12(10)16(26)27)18-13(24)9-5-3-2-4-6-9/h2-6,11,15H,7-8H2,1H3,(H,18,24)(H,26,27)/t11-,15+/m0/s1. The minimum absolute atomic E-state index is 0.0199. The number of amides is 2. The number of ether oxygens (including phenoxy) is 1. The third-order valence-electron chi connectivity index (χ3n) is 4.53. The van der Waals surface area contributed by atoms with Gasteiger partial charge in [0.15, 0.2) is 12.3 Å². The number of aliphatic carboxylic acids is 1. The summed E-state index contributed by atoms with van der Waals surface area (Å²) in [5.41, 5.74) is 0.708. The number of aryl methyl sites for hydroxylation is 1. The summed E-state index contributed by atoms with van der Waals surface area (Å²) < 4.78 is 7.15. The summed E-state index contributed by atoms with van der Waals surface area (Å²) in [6.45, 7) is 0.0199. The van der Waals surface area contributed by atoms with Crippen LogP contribution < -0.4 is 5.32 Å².